The molecule has 5 nitrogen and oxygen atoms in total. The zero-order chi connectivity index (χ0) is 12.9. The Bertz CT molecular complexity index is 471. The van der Waals surface area contributed by atoms with Gasteiger partial charge >= 0.3 is 0 Å². The van der Waals surface area contributed by atoms with Gasteiger partial charge in [0.15, 0.2) is 0 Å². The highest BCUT2D eigenvalue weighted by molar-refractivity contribution is 7.89. The van der Waals surface area contributed by atoms with Crippen LogP contribution < -0.4 is 4.72 Å². The molecular weight excluding hydrogens is 240 g/mol. The minimum absolute atomic E-state index is 0.0936. The molecule has 6 heteroatoms. The molecule has 0 fully saturated rings. The molecule has 0 saturated carbocycles. The molecule has 1 aromatic rings. The number of hydrogen-bond donors (Lipinski definition) is 1. The first-order valence-corrected chi connectivity index (χ1v) is 6.68. The maximum absolute atomic E-state index is 11.8. The molecule has 17 heavy (non-hydrogen) atoms. The van der Waals surface area contributed by atoms with E-state index in [9.17, 15) is 13.2 Å². The van der Waals surface area contributed by atoms with Gasteiger partial charge in [-0.3, -0.25) is 4.79 Å². The first-order chi connectivity index (χ1) is 7.93. The van der Waals surface area contributed by atoms with Crippen LogP contribution in [0.1, 0.15) is 6.92 Å². The van der Waals surface area contributed by atoms with E-state index in [1.807, 2.05) is 0 Å². The Morgan fingerprint density at radius 2 is 1.88 bits per heavy atom. The van der Waals surface area contributed by atoms with Crippen molar-refractivity contribution < 1.29 is 13.2 Å². The number of likely N-dealkylation sites (N-methyl/N-ethyl adjacent to an activating group) is 1. The minimum Gasteiger partial charge on any atom is -0.345 e. The van der Waals surface area contributed by atoms with Gasteiger partial charge in [-0.15, -0.1) is 0 Å². The van der Waals surface area contributed by atoms with Crippen molar-refractivity contribution in [2.45, 2.75) is 11.8 Å². The number of nitrogens with one attached hydrogen (secondary N) is 1. The minimum atomic E-state index is -3.47. The van der Waals surface area contributed by atoms with Crippen LogP contribution in [0, 0.1) is 0 Å². The van der Waals surface area contributed by atoms with Crippen molar-refractivity contribution in [1.29, 1.82) is 0 Å². The van der Waals surface area contributed by atoms with Crippen LogP contribution in [0.4, 0.5) is 0 Å². The van der Waals surface area contributed by atoms with Gasteiger partial charge < -0.3 is 4.90 Å². The van der Waals surface area contributed by atoms with E-state index in [1.165, 1.54) is 24.0 Å². The number of carbonyl (C=O) groups excluding carboxylic acids is 1. The van der Waals surface area contributed by atoms with Crippen molar-refractivity contribution in [3.63, 3.8) is 0 Å². The van der Waals surface area contributed by atoms with Gasteiger partial charge in [0.2, 0.25) is 15.9 Å². The van der Waals surface area contributed by atoms with Crippen molar-refractivity contribution in [2.24, 2.45) is 0 Å². The van der Waals surface area contributed by atoms with E-state index in [0.717, 1.165) is 0 Å². The third kappa shape index (κ3) is 4.16. The van der Waals surface area contributed by atoms with Crippen molar-refractivity contribution in [3.05, 3.63) is 30.3 Å². The summed E-state index contributed by atoms with van der Waals surface area (Å²) in [6, 6.07) is 8.13. The highest BCUT2D eigenvalue weighted by Crippen LogP contribution is 2.06. The molecule has 1 N–H and O–H groups in total. The second kappa shape index (κ2) is 5.79. The fourth-order valence-electron chi connectivity index (χ4n) is 1.19. The molecule has 0 radical (unpaired) electrons. The lowest BCUT2D eigenvalue weighted by molar-refractivity contribution is -0.127. The predicted molar refractivity (Wildman–Crippen MR) is 64.9 cm³/mol. The Labute approximate surface area is 101 Å². The van der Waals surface area contributed by atoms with Gasteiger partial charge in [0.1, 0.15) is 0 Å². The topological polar surface area (TPSA) is 66.5 Å². The fraction of sp³-hybridized carbons (Fsp3) is 0.364. The fourth-order valence-corrected chi connectivity index (χ4v) is 2.23. The Balaban J connectivity index is 2.55. The molecule has 1 rings (SSSR count). The van der Waals surface area contributed by atoms with Crippen molar-refractivity contribution in [2.75, 3.05) is 20.1 Å². The summed E-state index contributed by atoms with van der Waals surface area (Å²) in [5.41, 5.74) is 0. The zero-order valence-corrected chi connectivity index (χ0v) is 10.7. The summed E-state index contributed by atoms with van der Waals surface area (Å²) in [4.78, 5) is 12.6. The molecule has 1 amide bonds. The normalized spacial score (nSPS) is 11.2. The maximum atomic E-state index is 11.8. The van der Waals surface area contributed by atoms with Crippen LogP contribution in [0.2, 0.25) is 0 Å². The average molecular weight is 256 g/mol. The van der Waals surface area contributed by atoms with Crippen LogP contribution in [-0.4, -0.2) is 39.4 Å². The number of benzene rings is 1. The van der Waals surface area contributed by atoms with Gasteiger partial charge in [-0.2, -0.15) is 0 Å². The van der Waals surface area contributed by atoms with Crippen LogP contribution in [0.15, 0.2) is 35.2 Å². The average Bonchev–Trinajstić information content (AvgIpc) is 2.29. The largest absolute Gasteiger partial charge is 0.345 e. The van der Waals surface area contributed by atoms with Crippen molar-refractivity contribution in [3.8, 4) is 0 Å². The third-order valence-corrected chi connectivity index (χ3v) is 3.81. The van der Waals surface area contributed by atoms with E-state index >= 15 is 0 Å². The van der Waals surface area contributed by atoms with Gasteiger partial charge in [-0.25, -0.2) is 13.1 Å². The van der Waals surface area contributed by atoms with Crippen LogP contribution in [0.5, 0.6) is 0 Å². The van der Waals surface area contributed by atoms with E-state index in [0.29, 0.717) is 6.54 Å². The second-order valence-electron chi connectivity index (χ2n) is 3.65. The van der Waals surface area contributed by atoms with Gasteiger partial charge in [0, 0.05) is 27.1 Å². The molecule has 0 aliphatic carbocycles. The summed E-state index contributed by atoms with van der Waals surface area (Å²) in [5, 5.41) is 0. The summed E-state index contributed by atoms with van der Waals surface area (Å²) >= 11 is 0. The van der Waals surface area contributed by atoms with E-state index in [-0.39, 0.29) is 17.3 Å². The molecule has 0 unspecified atom stereocenters. The van der Waals surface area contributed by atoms with Crippen molar-refractivity contribution >= 4 is 15.9 Å². The van der Waals surface area contributed by atoms with E-state index in [2.05, 4.69) is 4.72 Å². The molecular formula is C11H16N2O3S. The highest BCUT2D eigenvalue weighted by atomic mass is 32.2. The van der Waals surface area contributed by atoms with E-state index < -0.39 is 10.0 Å². The lowest BCUT2D eigenvalue weighted by Crippen LogP contribution is -2.35. The molecule has 0 bridgehead atoms. The zero-order valence-electron chi connectivity index (χ0n) is 9.88. The molecule has 0 saturated heterocycles. The molecule has 1 aromatic carbocycles. The number of amides is 1. The monoisotopic (exact) mass is 256 g/mol. The van der Waals surface area contributed by atoms with Crippen LogP contribution in [0.3, 0.4) is 0 Å². The third-order valence-electron chi connectivity index (χ3n) is 2.33. The number of hydrogen-bond acceptors (Lipinski definition) is 3. The Hall–Kier alpha value is -1.40. The Morgan fingerprint density at radius 1 is 1.29 bits per heavy atom. The number of nitrogens with zero attached hydrogens (tertiary/aromatic N) is 1. The summed E-state index contributed by atoms with van der Waals surface area (Å²) in [6.45, 7) is 1.99. The standard InChI is InChI=1S/C11H16N2O3S/c1-10(14)13(2)9-8-12-17(15,16)11-6-4-3-5-7-11/h3-7,12H,8-9H2,1-2H3. The SMILES string of the molecule is CC(=O)N(C)CCNS(=O)(=O)c1ccccc1. The Morgan fingerprint density at radius 3 is 2.41 bits per heavy atom. The number of rotatable bonds is 5. The predicted octanol–water partition coefficient (Wildman–Crippen LogP) is 0.443. The molecule has 0 heterocycles. The molecule has 0 aromatic heterocycles. The molecule has 0 atom stereocenters. The first-order valence-electron chi connectivity index (χ1n) is 5.20. The van der Waals surface area contributed by atoms with Gasteiger partial charge in [-0.05, 0) is 12.1 Å². The summed E-state index contributed by atoms with van der Waals surface area (Å²) in [6.07, 6.45) is 0. The van der Waals surface area contributed by atoms with Crippen LogP contribution in [-0.2, 0) is 14.8 Å². The second-order valence-corrected chi connectivity index (χ2v) is 5.42. The van der Waals surface area contributed by atoms with Crippen LogP contribution in [0.25, 0.3) is 0 Å². The Kier molecular flexibility index (Phi) is 4.65. The van der Waals surface area contributed by atoms with E-state index in [4.69, 9.17) is 0 Å². The van der Waals surface area contributed by atoms with Gasteiger partial charge in [0.25, 0.3) is 0 Å². The quantitative estimate of drug-likeness (QED) is 0.831. The summed E-state index contributed by atoms with van der Waals surface area (Å²) < 4.78 is 26.0. The van der Waals surface area contributed by atoms with Crippen LogP contribution >= 0.6 is 0 Å². The molecule has 0 aliphatic heterocycles. The summed E-state index contributed by atoms with van der Waals surface area (Å²) in [5.74, 6) is -0.0936. The van der Waals surface area contributed by atoms with Crippen molar-refractivity contribution in [1.82, 2.24) is 9.62 Å². The lowest BCUT2D eigenvalue weighted by Gasteiger charge is -2.14. The van der Waals surface area contributed by atoms with Gasteiger partial charge in [-0.1, -0.05) is 18.2 Å². The van der Waals surface area contributed by atoms with E-state index in [1.54, 1.807) is 25.2 Å². The number of carbonyl (C=O) groups is 1. The molecule has 0 spiro atoms. The van der Waals surface area contributed by atoms with Gasteiger partial charge in [0.05, 0.1) is 4.90 Å². The first kappa shape index (κ1) is 13.7. The smallest absolute Gasteiger partial charge is 0.240 e. The maximum Gasteiger partial charge on any atom is 0.240 e. The number of sulfonamides is 1. The lowest BCUT2D eigenvalue weighted by atomic mass is 10.4. The molecule has 94 valence electrons. The highest BCUT2D eigenvalue weighted by Gasteiger charge is 2.12. The molecule has 0 aliphatic rings. The summed E-state index contributed by atoms with van der Waals surface area (Å²) in [7, 11) is -1.85.